The Balaban J connectivity index is 1.46. The van der Waals surface area contributed by atoms with Gasteiger partial charge in [0.2, 0.25) is 11.4 Å². The largest absolute Gasteiger partial charge is 0.289 e. The molecule has 0 atom stereocenters. The number of nitrogens with one attached hydrogen (secondary N) is 3. The molecule has 2 heterocycles. The molecule has 0 unspecified atom stereocenters. The quantitative estimate of drug-likeness (QED) is 0.256. The van der Waals surface area contributed by atoms with Gasteiger partial charge in [0, 0.05) is 25.3 Å². The number of nitrogens with zero attached hydrogens (tertiary/aromatic N) is 3. The fourth-order valence-corrected chi connectivity index (χ4v) is 3.39. The summed E-state index contributed by atoms with van der Waals surface area (Å²) in [5.41, 5.74) is 8.54. The van der Waals surface area contributed by atoms with Gasteiger partial charge in [-0.05, 0) is 24.6 Å². The van der Waals surface area contributed by atoms with E-state index in [2.05, 4.69) is 25.8 Å². The third-order valence-corrected chi connectivity index (χ3v) is 4.86. The molecule has 0 bridgehead atoms. The van der Waals surface area contributed by atoms with Crippen molar-refractivity contribution >= 4 is 18.2 Å². The number of amides is 1. The molecule has 4 aromatic rings. The highest BCUT2D eigenvalue weighted by atomic mass is 16.2. The number of hydrazone groups is 1. The zero-order chi connectivity index (χ0) is 21.6. The van der Waals surface area contributed by atoms with Gasteiger partial charge in [-0.25, -0.2) is 5.43 Å². The Morgan fingerprint density at radius 1 is 1.06 bits per heavy atom. The molecular weight excluding hydrogens is 388 g/mol. The van der Waals surface area contributed by atoms with Crippen LogP contribution >= 0.6 is 0 Å². The summed E-state index contributed by atoms with van der Waals surface area (Å²) < 4.78 is 2.00. The maximum atomic E-state index is 12.4. The van der Waals surface area contributed by atoms with Gasteiger partial charge < -0.3 is 0 Å². The van der Waals surface area contributed by atoms with Crippen molar-refractivity contribution in [1.82, 2.24) is 20.7 Å². The molecule has 0 aliphatic rings. The number of hydrogen-bond donors (Lipinski definition) is 3. The van der Waals surface area contributed by atoms with Crippen molar-refractivity contribution in [3.8, 4) is 16.9 Å². The molecule has 7 nitrogen and oxygen atoms in total. The first-order chi connectivity index (χ1) is 15.1. The fourth-order valence-electron chi connectivity index (χ4n) is 3.39. The average Bonchev–Trinajstić information content (AvgIpc) is 3.39. The minimum Gasteiger partial charge on any atom is -0.272 e. The van der Waals surface area contributed by atoms with Crippen molar-refractivity contribution < 1.29 is 9.48 Å². The van der Waals surface area contributed by atoms with E-state index >= 15 is 0 Å². The van der Waals surface area contributed by atoms with E-state index in [9.17, 15) is 4.79 Å². The summed E-state index contributed by atoms with van der Waals surface area (Å²) in [4.78, 5) is 12.4. The smallest absolute Gasteiger partial charge is 0.272 e. The monoisotopic (exact) mass is 411 g/mol. The third kappa shape index (κ3) is 4.51. The summed E-state index contributed by atoms with van der Waals surface area (Å²) in [5, 5.41) is 14.4. The molecule has 31 heavy (non-hydrogen) atoms. The number of carbonyl (C=O) groups excluding carboxylic acids is 1. The predicted octanol–water partition coefficient (Wildman–Crippen LogP) is 3.73. The summed E-state index contributed by atoms with van der Waals surface area (Å²) in [7, 11) is 0. The van der Waals surface area contributed by atoms with Gasteiger partial charge in [-0.15, -0.1) is 0 Å². The lowest BCUT2D eigenvalue weighted by Crippen LogP contribution is -2.35. The van der Waals surface area contributed by atoms with Crippen LogP contribution in [0.5, 0.6) is 0 Å². The maximum absolute atomic E-state index is 12.4. The van der Waals surface area contributed by atoms with Crippen LogP contribution in [0, 0.1) is 13.8 Å². The van der Waals surface area contributed by atoms with Crippen LogP contribution in [0.25, 0.3) is 23.0 Å². The van der Waals surface area contributed by atoms with Gasteiger partial charge in [-0.2, -0.15) is 15.3 Å². The number of carbonyl (C=O) groups is 1. The maximum Gasteiger partial charge on any atom is 0.289 e. The lowest BCUT2D eigenvalue weighted by atomic mass is 10.1. The van der Waals surface area contributed by atoms with E-state index in [0.29, 0.717) is 11.4 Å². The number of aryl methyl sites for hydroxylation is 1. The Morgan fingerprint density at radius 2 is 1.77 bits per heavy atom. The van der Waals surface area contributed by atoms with Gasteiger partial charge in [0.05, 0.1) is 11.3 Å². The Bertz CT molecular complexity index is 1240. The van der Waals surface area contributed by atoms with Crippen molar-refractivity contribution in [3.05, 3.63) is 95.5 Å². The Kier molecular flexibility index (Phi) is 5.84. The number of aromatic amines is 2. The minimum atomic E-state index is -0.357. The average molecular weight is 411 g/mol. The molecule has 0 fully saturated rings. The van der Waals surface area contributed by atoms with Crippen LogP contribution in [0.15, 0.2) is 77.9 Å². The van der Waals surface area contributed by atoms with Gasteiger partial charge in [-0.1, -0.05) is 59.3 Å². The van der Waals surface area contributed by atoms with Gasteiger partial charge in [-0.3, -0.25) is 9.89 Å². The molecule has 0 aliphatic carbocycles. The van der Waals surface area contributed by atoms with Crippen LogP contribution in [0.3, 0.4) is 0 Å². The van der Waals surface area contributed by atoms with Crippen LogP contribution in [0.4, 0.5) is 0 Å². The van der Waals surface area contributed by atoms with Crippen LogP contribution in [0.2, 0.25) is 0 Å². The summed E-state index contributed by atoms with van der Waals surface area (Å²) in [6.45, 7) is 4.00. The Hall–Kier alpha value is -4.26. The number of hydrogen-bond acceptors (Lipinski definition) is 3. The van der Waals surface area contributed by atoms with Gasteiger partial charge in [0.15, 0.2) is 0 Å². The zero-order valence-corrected chi connectivity index (χ0v) is 17.3. The highest BCUT2D eigenvalue weighted by molar-refractivity contribution is 5.94. The molecule has 2 aromatic heterocycles. The summed E-state index contributed by atoms with van der Waals surface area (Å²) >= 11 is 0. The molecule has 2 aromatic carbocycles. The highest BCUT2D eigenvalue weighted by Crippen LogP contribution is 2.24. The third-order valence-electron chi connectivity index (χ3n) is 4.86. The lowest BCUT2D eigenvalue weighted by molar-refractivity contribution is -0.661. The number of rotatable bonds is 6. The topological polar surface area (TPSA) is 89.8 Å². The van der Waals surface area contributed by atoms with Crippen LogP contribution in [-0.2, 0) is 0 Å². The second kappa shape index (κ2) is 9.04. The number of H-pyrrole nitrogens is 2. The predicted molar refractivity (Wildman–Crippen MR) is 121 cm³/mol. The van der Waals surface area contributed by atoms with Crippen molar-refractivity contribution in [2.45, 2.75) is 13.8 Å². The zero-order valence-electron chi connectivity index (χ0n) is 17.3. The van der Waals surface area contributed by atoms with Crippen molar-refractivity contribution in [2.75, 3.05) is 0 Å². The normalized spacial score (nSPS) is 11.4. The molecule has 7 heteroatoms. The molecule has 1 amide bonds. The van der Waals surface area contributed by atoms with E-state index < -0.39 is 0 Å². The summed E-state index contributed by atoms with van der Waals surface area (Å²) in [6.07, 6.45) is 5.21. The standard InChI is InChI=1S/C24H22N6O/c1-17-23(18(2)30(29-17)20-13-7-4-8-14-20)21-16-22(27-26-21)24(31)28-25-15-9-12-19-10-5-3-6-11-19/h3-16H,1-2H3,(H2,26,27,28,31)/p+1/b12-9+,25-15-. The van der Waals surface area contributed by atoms with Crippen molar-refractivity contribution in [2.24, 2.45) is 5.10 Å². The molecule has 154 valence electrons. The van der Waals surface area contributed by atoms with Crippen LogP contribution in [0.1, 0.15) is 27.4 Å². The van der Waals surface area contributed by atoms with Gasteiger partial charge >= 0.3 is 0 Å². The SMILES string of the molecule is Cc1[nH][n+](-c2ccccc2)c(C)c1-c1cc(C(=O)N/N=C\C=C\c2ccccc2)[nH]n1. The van der Waals surface area contributed by atoms with Gasteiger partial charge in [0.1, 0.15) is 11.4 Å². The molecular formula is C24H23N6O+. The lowest BCUT2D eigenvalue weighted by Gasteiger charge is -1.94. The number of allylic oxidation sites excluding steroid dienone is 1. The fraction of sp³-hybridized carbons (Fsp3) is 0.0833. The molecule has 3 N–H and O–H groups in total. The molecule has 0 saturated carbocycles. The van der Waals surface area contributed by atoms with E-state index in [0.717, 1.165) is 28.2 Å². The number of benzene rings is 2. The first kappa shape index (κ1) is 20.0. The second-order valence-corrected chi connectivity index (χ2v) is 7.02. The second-order valence-electron chi connectivity index (χ2n) is 7.02. The first-order valence-corrected chi connectivity index (χ1v) is 9.91. The van der Waals surface area contributed by atoms with Gasteiger partial charge in [0.25, 0.3) is 5.91 Å². The van der Waals surface area contributed by atoms with E-state index in [1.54, 1.807) is 12.1 Å². The van der Waals surface area contributed by atoms with E-state index in [1.807, 2.05) is 85.3 Å². The molecule has 4 rings (SSSR count). The molecule has 0 spiro atoms. The number of para-hydroxylation sites is 1. The van der Waals surface area contributed by atoms with E-state index in [-0.39, 0.29) is 5.91 Å². The van der Waals surface area contributed by atoms with Crippen molar-refractivity contribution in [1.29, 1.82) is 0 Å². The first-order valence-electron chi connectivity index (χ1n) is 9.91. The summed E-state index contributed by atoms with van der Waals surface area (Å²) in [6, 6.07) is 21.6. The highest BCUT2D eigenvalue weighted by Gasteiger charge is 2.24. The Labute approximate surface area is 180 Å². The molecule has 0 saturated heterocycles. The minimum absolute atomic E-state index is 0.338. The Morgan fingerprint density at radius 3 is 2.52 bits per heavy atom. The van der Waals surface area contributed by atoms with Crippen molar-refractivity contribution in [3.63, 3.8) is 0 Å². The van der Waals surface area contributed by atoms with Crippen LogP contribution in [-0.4, -0.2) is 27.4 Å². The van der Waals surface area contributed by atoms with E-state index in [1.165, 1.54) is 6.21 Å². The number of aromatic nitrogens is 4. The molecule has 0 radical (unpaired) electrons. The molecule has 0 aliphatic heterocycles. The van der Waals surface area contributed by atoms with E-state index in [4.69, 9.17) is 0 Å². The summed E-state index contributed by atoms with van der Waals surface area (Å²) in [5.74, 6) is -0.357. The van der Waals surface area contributed by atoms with Crippen LogP contribution < -0.4 is 10.1 Å².